The number of hydrogen-bond acceptors (Lipinski definition) is 12. The van der Waals surface area contributed by atoms with Crippen LogP contribution in [0.3, 0.4) is 0 Å². The molecule has 0 radical (unpaired) electrons. The van der Waals surface area contributed by atoms with E-state index in [1.165, 1.54) is 24.7 Å². The molecular formula is C29H38N6O11. The number of rotatable bonds is 18. The van der Waals surface area contributed by atoms with Crippen LogP contribution in [0.1, 0.15) is 44.4 Å². The highest BCUT2D eigenvalue weighted by Crippen LogP contribution is 2.34. The molecule has 17 nitrogen and oxygen atoms in total. The molecule has 1 heterocycles. The monoisotopic (exact) mass is 646 g/mol. The van der Waals surface area contributed by atoms with Gasteiger partial charge in [0.15, 0.2) is 11.7 Å². The molecule has 5 unspecified atom stereocenters. The SMILES string of the molecule is CC(C)CC(N)C(=O)C(C(=O)O)(C(C(=O)O)C(=O)OCc1ccccc1)N(C(=O)C(N)CCC(=O)O)C(=O)C(N)Cc1cnc[nH]1. The van der Waals surface area contributed by atoms with Gasteiger partial charge in [-0.2, -0.15) is 0 Å². The van der Waals surface area contributed by atoms with E-state index in [1.807, 2.05) is 0 Å². The summed E-state index contributed by atoms with van der Waals surface area (Å²) in [7, 11) is 0. The number of imidazole rings is 1. The summed E-state index contributed by atoms with van der Waals surface area (Å²) in [4.78, 5) is 99.4. The second kappa shape index (κ2) is 16.4. The van der Waals surface area contributed by atoms with E-state index in [2.05, 4.69) is 9.97 Å². The number of imide groups is 1. The molecular weight excluding hydrogens is 608 g/mol. The standard InChI is InChI=1S/C29H38N6O11/c1-15(2)10-19(31)23(38)29(28(44)45,22(26(41)42)27(43)46-13-16-6-4-3-5-7-16)35(24(39)18(30)8-9-21(36)37)25(40)20(32)11-17-12-33-14-34-17/h3-7,12,14-15,18-20,22H,8-11,13,30-32H2,1-2H3,(H,33,34)(H,36,37)(H,41,42)(H,44,45). The molecule has 1 aromatic heterocycles. The molecule has 46 heavy (non-hydrogen) atoms. The normalized spacial score (nSPS) is 15.1. The number of carboxylic acid groups (broad SMARTS) is 3. The molecule has 2 rings (SSSR count). The second-order valence-corrected chi connectivity index (χ2v) is 11.0. The van der Waals surface area contributed by atoms with Crippen LogP contribution in [0.2, 0.25) is 0 Å². The maximum absolute atomic E-state index is 14.2. The van der Waals surface area contributed by atoms with Gasteiger partial charge < -0.3 is 42.2 Å². The highest BCUT2D eigenvalue weighted by atomic mass is 16.5. The van der Waals surface area contributed by atoms with Crippen molar-refractivity contribution in [3.63, 3.8) is 0 Å². The molecule has 5 atom stereocenters. The van der Waals surface area contributed by atoms with Crippen LogP contribution in [-0.2, 0) is 51.3 Å². The van der Waals surface area contributed by atoms with Gasteiger partial charge in [0.2, 0.25) is 17.4 Å². The maximum Gasteiger partial charge on any atom is 0.339 e. The smallest absolute Gasteiger partial charge is 0.339 e. The fraction of sp³-hybridized carbons (Fsp3) is 0.448. The largest absolute Gasteiger partial charge is 0.481 e. The van der Waals surface area contributed by atoms with E-state index >= 15 is 0 Å². The number of nitrogens with two attached hydrogens (primary N) is 3. The summed E-state index contributed by atoms with van der Waals surface area (Å²) >= 11 is 0. The van der Waals surface area contributed by atoms with E-state index in [1.54, 1.807) is 32.0 Å². The predicted molar refractivity (Wildman–Crippen MR) is 157 cm³/mol. The number of esters is 1. The Bertz CT molecular complexity index is 1420. The van der Waals surface area contributed by atoms with Gasteiger partial charge in [0.05, 0.1) is 24.5 Å². The number of H-pyrrole nitrogens is 1. The molecule has 0 bridgehead atoms. The molecule has 250 valence electrons. The van der Waals surface area contributed by atoms with Gasteiger partial charge >= 0.3 is 23.9 Å². The van der Waals surface area contributed by atoms with E-state index in [-0.39, 0.29) is 22.9 Å². The van der Waals surface area contributed by atoms with Gasteiger partial charge in [-0.25, -0.2) is 9.78 Å². The molecule has 0 aliphatic heterocycles. The minimum atomic E-state index is -3.88. The minimum Gasteiger partial charge on any atom is -0.481 e. The van der Waals surface area contributed by atoms with Crippen molar-refractivity contribution in [1.82, 2.24) is 14.9 Å². The summed E-state index contributed by atoms with van der Waals surface area (Å²) in [5.41, 5.74) is 14.8. The van der Waals surface area contributed by atoms with E-state index in [0.29, 0.717) is 5.56 Å². The third-order valence-electron chi connectivity index (χ3n) is 6.98. The Morgan fingerprint density at radius 1 is 0.935 bits per heavy atom. The first-order chi connectivity index (χ1) is 21.5. The Morgan fingerprint density at radius 3 is 2.04 bits per heavy atom. The van der Waals surface area contributed by atoms with Crippen LogP contribution < -0.4 is 17.2 Å². The highest BCUT2D eigenvalue weighted by Gasteiger charge is 2.68. The number of carboxylic acids is 3. The zero-order chi connectivity index (χ0) is 34.8. The Labute approximate surface area is 263 Å². The highest BCUT2D eigenvalue weighted by molar-refractivity contribution is 6.23. The molecule has 10 N–H and O–H groups in total. The van der Waals surface area contributed by atoms with Crippen molar-refractivity contribution in [2.75, 3.05) is 0 Å². The van der Waals surface area contributed by atoms with Crippen LogP contribution >= 0.6 is 0 Å². The number of amides is 2. The second-order valence-electron chi connectivity index (χ2n) is 11.0. The number of aliphatic carboxylic acids is 3. The van der Waals surface area contributed by atoms with E-state index < -0.39 is 96.9 Å². The molecule has 0 spiro atoms. The number of nitrogens with zero attached hydrogens (tertiary/aromatic N) is 2. The molecule has 0 saturated heterocycles. The van der Waals surface area contributed by atoms with Crippen LogP contribution in [0.15, 0.2) is 42.9 Å². The van der Waals surface area contributed by atoms with Crippen LogP contribution in [0.4, 0.5) is 0 Å². The van der Waals surface area contributed by atoms with E-state index in [0.717, 1.165) is 0 Å². The van der Waals surface area contributed by atoms with Crippen molar-refractivity contribution in [2.24, 2.45) is 29.0 Å². The lowest BCUT2D eigenvalue weighted by molar-refractivity contribution is -0.187. The van der Waals surface area contributed by atoms with Gasteiger partial charge in [0, 0.05) is 24.7 Å². The average Bonchev–Trinajstić information content (AvgIpc) is 3.50. The first kappa shape index (κ1) is 37.2. The van der Waals surface area contributed by atoms with Crippen LogP contribution in [0.5, 0.6) is 0 Å². The van der Waals surface area contributed by atoms with E-state index in [4.69, 9.17) is 27.0 Å². The first-order valence-electron chi connectivity index (χ1n) is 14.1. The van der Waals surface area contributed by atoms with Gasteiger partial charge in [-0.15, -0.1) is 0 Å². The number of nitrogens with one attached hydrogen (secondary N) is 1. The number of carbonyl (C=O) groups excluding carboxylic acids is 4. The molecule has 0 saturated carbocycles. The Balaban J connectivity index is 2.88. The fourth-order valence-electron chi connectivity index (χ4n) is 4.78. The molecule has 0 aliphatic rings. The number of hydrogen-bond donors (Lipinski definition) is 7. The van der Waals surface area contributed by atoms with Gasteiger partial charge in [-0.05, 0) is 24.3 Å². The van der Waals surface area contributed by atoms with Crippen LogP contribution in [0.25, 0.3) is 0 Å². The molecule has 0 fully saturated rings. The topological polar surface area (TPSA) is 299 Å². The van der Waals surface area contributed by atoms with Gasteiger partial charge in [0.1, 0.15) is 6.61 Å². The van der Waals surface area contributed by atoms with E-state index in [9.17, 15) is 43.8 Å². The lowest BCUT2D eigenvalue weighted by Gasteiger charge is -2.43. The van der Waals surface area contributed by atoms with Crippen molar-refractivity contribution in [2.45, 2.75) is 69.8 Å². The number of aromatic nitrogens is 2. The zero-order valence-corrected chi connectivity index (χ0v) is 25.2. The molecule has 2 aromatic rings. The molecule has 0 aliphatic carbocycles. The number of carbonyl (C=O) groups is 7. The van der Waals surface area contributed by atoms with Gasteiger partial charge in [0.25, 0.3) is 0 Å². The van der Waals surface area contributed by atoms with Crippen LogP contribution in [-0.4, -0.2) is 95.3 Å². The number of benzene rings is 1. The summed E-state index contributed by atoms with van der Waals surface area (Å²) in [6.07, 6.45) is 0.388. The fourth-order valence-corrected chi connectivity index (χ4v) is 4.78. The lowest BCUT2D eigenvalue weighted by atomic mass is 9.74. The van der Waals surface area contributed by atoms with Crippen molar-refractivity contribution in [3.05, 3.63) is 54.1 Å². The zero-order valence-electron chi connectivity index (χ0n) is 25.2. The molecule has 17 heteroatoms. The van der Waals surface area contributed by atoms with Crippen molar-refractivity contribution < 1.29 is 53.6 Å². The Morgan fingerprint density at radius 2 is 1.54 bits per heavy atom. The summed E-state index contributed by atoms with van der Waals surface area (Å²) in [5.74, 6) is -16.3. The minimum absolute atomic E-state index is 0.226. The summed E-state index contributed by atoms with van der Waals surface area (Å²) in [6, 6.07) is 2.17. The first-order valence-corrected chi connectivity index (χ1v) is 14.1. The summed E-state index contributed by atoms with van der Waals surface area (Å²) in [6.45, 7) is 2.63. The quantitative estimate of drug-likeness (QED) is 0.0757. The molecule has 1 aromatic carbocycles. The summed E-state index contributed by atoms with van der Waals surface area (Å²) in [5, 5.41) is 30.2. The number of aromatic amines is 1. The maximum atomic E-state index is 14.2. The van der Waals surface area contributed by atoms with Crippen molar-refractivity contribution >= 4 is 41.5 Å². The molecule has 2 amide bonds. The summed E-state index contributed by atoms with van der Waals surface area (Å²) < 4.78 is 5.13. The predicted octanol–water partition coefficient (Wildman–Crippen LogP) is -0.963. The van der Waals surface area contributed by atoms with Crippen LogP contribution in [0, 0.1) is 11.8 Å². The third-order valence-corrected chi connectivity index (χ3v) is 6.98. The number of ether oxygens (including phenoxy) is 1. The van der Waals surface area contributed by atoms with Crippen molar-refractivity contribution in [3.8, 4) is 0 Å². The average molecular weight is 647 g/mol. The third kappa shape index (κ3) is 8.80. The Hall–Kier alpha value is -5.00. The van der Waals surface area contributed by atoms with Crippen molar-refractivity contribution in [1.29, 1.82) is 0 Å². The number of Topliss-reactive ketones (excluding diaryl/α,β-unsaturated/α-hetero) is 1. The Kier molecular flexibility index (Phi) is 13.2. The van der Waals surface area contributed by atoms with Gasteiger partial charge in [-0.1, -0.05) is 44.2 Å². The number of ketones is 1. The van der Waals surface area contributed by atoms with Gasteiger partial charge in [-0.3, -0.25) is 33.7 Å². The lowest BCUT2D eigenvalue weighted by Crippen LogP contribution is -2.76.